The van der Waals surface area contributed by atoms with E-state index >= 15 is 0 Å². The number of nitrogens with one attached hydrogen (secondary N) is 1. The molecule has 2 heterocycles. The number of aliphatic hydroxyl groups is 3. The molecule has 114 valence electrons. The third-order valence-corrected chi connectivity index (χ3v) is 4.70. The molecule has 20 heavy (non-hydrogen) atoms. The van der Waals surface area contributed by atoms with Crippen molar-refractivity contribution in [2.24, 2.45) is 5.92 Å². The van der Waals surface area contributed by atoms with Crippen molar-refractivity contribution in [1.82, 2.24) is 5.32 Å². The van der Waals surface area contributed by atoms with Gasteiger partial charge >= 0.3 is 0 Å². The second-order valence-electron chi connectivity index (χ2n) is 6.01. The van der Waals surface area contributed by atoms with E-state index in [4.69, 9.17) is 9.47 Å². The summed E-state index contributed by atoms with van der Waals surface area (Å²) in [6, 6.07) is -0.145. The largest absolute Gasteiger partial charge is 0.392 e. The number of aliphatic hydroxyl groups excluding tert-OH is 3. The van der Waals surface area contributed by atoms with Crippen molar-refractivity contribution in [3.8, 4) is 0 Å². The zero-order valence-corrected chi connectivity index (χ0v) is 11.6. The SMILES string of the molecule is CC1C(O)C(CO)=CC(NC2CCC3OCC2O3)C1O. The fourth-order valence-corrected chi connectivity index (χ4v) is 3.35. The minimum absolute atomic E-state index is 0.0223. The van der Waals surface area contributed by atoms with Gasteiger partial charge in [0.1, 0.15) is 0 Å². The first-order chi connectivity index (χ1) is 9.60. The molecule has 4 N–H and O–H groups in total. The van der Waals surface area contributed by atoms with Crippen molar-refractivity contribution >= 4 is 0 Å². The van der Waals surface area contributed by atoms with E-state index in [0.717, 1.165) is 12.8 Å². The first kappa shape index (κ1) is 14.4. The molecule has 0 aromatic rings. The Hall–Kier alpha value is -0.500. The highest BCUT2D eigenvalue weighted by molar-refractivity contribution is 5.20. The fraction of sp³-hybridized carbons (Fsp3) is 0.857. The molecule has 6 nitrogen and oxygen atoms in total. The lowest BCUT2D eigenvalue weighted by Gasteiger charge is -2.39. The summed E-state index contributed by atoms with van der Waals surface area (Å²) >= 11 is 0. The molecule has 0 radical (unpaired) electrons. The molecule has 2 saturated heterocycles. The van der Waals surface area contributed by atoms with E-state index in [1.807, 2.05) is 0 Å². The van der Waals surface area contributed by atoms with Crippen molar-refractivity contribution in [2.75, 3.05) is 13.2 Å². The number of ether oxygens (including phenoxy) is 2. The van der Waals surface area contributed by atoms with Gasteiger partial charge in [-0.3, -0.25) is 0 Å². The number of hydrogen-bond acceptors (Lipinski definition) is 6. The van der Waals surface area contributed by atoms with Gasteiger partial charge in [0.05, 0.1) is 37.6 Å². The Morgan fingerprint density at radius 3 is 2.90 bits per heavy atom. The lowest BCUT2D eigenvalue weighted by atomic mass is 9.81. The summed E-state index contributed by atoms with van der Waals surface area (Å²) in [4.78, 5) is 0. The van der Waals surface area contributed by atoms with Crippen LogP contribution in [0.3, 0.4) is 0 Å². The Labute approximate surface area is 118 Å². The van der Waals surface area contributed by atoms with Crippen LogP contribution in [0.4, 0.5) is 0 Å². The van der Waals surface area contributed by atoms with Crippen LogP contribution in [0.2, 0.25) is 0 Å². The van der Waals surface area contributed by atoms with Gasteiger partial charge in [-0.15, -0.1) is 0 Å². The van der Waals surface area contributed by atoms with Crippen LogP contribution in [-0.2, 0) is 9.47 Å². The van der Waals surface area contributed by atoms with E-state index in [-0.39, 0.29) is 37.0 Å². The van der Waals surface area contributed by atoms with E-state index in [9.17, 15) is 15.3 Å². The Morgan fingerprint density at radius 2 is 2.15 bits per heavy atom. The van der Waals surface area contributed by atoms with Gasteiger partial charge in [0.25, 0.3) is 0 Å². The highest BCUT2D eigenvalue weighted by Crippen LogP contribution is 2.30. The Balaban J connectivity index is 1.70. The second-order valence-corrected chi connectivity index (χ2v) is 6.01. The summed E-state index contributed by atoms with van der Waals surface area (Å²) in [6.07, 6.45) is 2.03. The molecule has 0 amide bonds. The summed E-state index contributed by atoms with van der Waals surface area (Å²) < 4.78 is 11.2. The van der Waals surface area contributed by atoms with Crippen LogP contribution in [0.15, 0.2) is 11.6 Å². The summed E-state index contributed by atoms with van der Waals surface area (Å²) in [6.45, 7) is 2.19. The van der Waals surface area contributed by atoms with Crippen LogP contribution in [0, 0.1) is 5.92 Å². The Bertz CT molecular complexity index is 388. The molecule has 2 fully saturated rings. The summed E-state index contributed by atoms with van der Waals surface area (Å²) in [7, 11) is 0. The summed E-state index contributed by atoms with van der Waals surface area (Å²) in [5, 5.41) is 33.0. The molecule has 0 aromatic heterocycles. The number of fused-ring (bicyclic) bond motifs is 2. The van der Waals surface area contributed by atoms with Crippen LogP contribution >= 0.6 is 0 Å². The molecule has 0 aromatic carbocycles. The molecule has 2 bridgehead atoms. The fourth-order valence-electron chi connectivity index (χ4n) is 3.35. The highest BCUT2D eigenvalue weighted by atomic mass is 16.7. The van der Waals surface area contributed by atoms with Crippen LogP contribution < -0.4 is 5.32 Å². The van der Waals surface area contributed by atoms with Gasteiger partial charge in [-0.05, 0) is 18.4 Å². The molecule has 1 aliphatic carbocycles. The Kier molecular flexibility index (Phi) is 4.12. The van der Waals surface area contributed by atoms with Gasteiger partial charge in [0.15, 0.2) is 6.29 Å². The zero-order chi connectivity index (χ0) is 14.3. The molecule has 3 aliphatic rings. The maximum absolute atomic E-state index is 10.3. The quantitative estimate of drug-likeness (QED) is 0.504. The predicted molar refractivity (Wildman–Crippen MR) is 70.9 cm³/mol. The first-order valence-electron chi connectivity index (χ1n) is 7.31. The van der Waals surface area contributed by atoms with Crippen LogP contribution in [0.5, 0.6) is 0 Å². The van der Waals surface area contributed by atoms with Gasteiger partial charge in [0, 0.05) is 12.0 Å². The molecule has 0 saturated carbocycles. The van der Waals surface area contributed by atoms with Crippen molar-refractivity contribution in [1.29, 1.82) is 0 Å². The van der Waals surface area contributed by atoms with E-state index in [2.05, 4.69) is 5.32 Å². The van der Waals surface area contributed by atoms with Crippen LogP contribution in [0.1, 0.15) is 19.8 Å². The Morgan fingerprint density at radius 1 is 1.35 bits per heavy atom. The van der Waals surface area contributed by atoms with E-state index in [0.29, 0.717) is 12.2 Å². The third-order valence-electron chi connectivity index (χ3n) is 4.70. The van der Waals surface area contributed by atoms with Crippen LogP contribution in [0.25, 0.3) is 0 Å². The predicted octanol–water partition coefficient (Wildman–Crippen LogP) is -0.861. The first-order valence-corrected chi connectivity index (χ1v) is 7.31. The molecule has 6 heteroatoms. The smallest absolute Gasteiger partial charge is 0.158 e. The molecule has 7 atom stereocenters. The molecular weight excluding hydrogens is 262 g/mol. The van der Waals surface area contributed by atoms with Crippen molar-refractivity contribution < 1.29 is 24.8 Å². The van der Waals surface area contributed by atoms with Crippen molar-refractivity contribution in [2.45, 2.75) is 56.5 Å². The monoisotopic (exact) mass is 285 g/mol. The lowest BCUT2D eigenvalue weighted by molar-refractivity contribution is -0.0936. The van der Waals surface area contributed by atoms with E-state index < -0.39 is 12.2 Å². The summed E-state index contributed by atoms with van der Waals surface area (Å²) in [5.74, 6) is -0.309. The maximum atomic E-state index is 10.3. The number of rotatable bonds is 3. The van der Waals surface area contributed by atoms with E-state index in [1.54, 1.807) is 13.0 Å². The maximum Gasteiger partial charge on any atom is 0.158 e. The lowest BCUT2D eigenvalue weighted by Crippen LogP contribution is -2.56. The van der Waals surface area contributed by atoms with Gasteiger partial charge in [0.2, 0.25) is 0 Å². The molecule has 0 spiro atoms. The van der Waals surface area contributed by atoms with Gasteiger partial charge in [-0.25, -0.2) is 0 Å². The van der Waals surface area contributed by atoms with Crippen LogP contribution in [-0.4, -0.2) is 65.2 Å². The minimum Gasteiger partial charge on any atom is -0.392 e. The average molecular weight is 285 g/mol. The van der Waals surface area contributed by atoms with Crippen molar-refractivity contribution in [3.05, 3.63) is 11.6 Å². The third kappa shape index (κ3) is 2.52. The average Bonchev–Trinajstić information content (AvgIpc) is 2.85. The normalized spacial score (nSPS) is 48.2. The number of hydrogen-bond donors (Lipinski definition) is 4. The molecule has 2 aliphatic heterocycles. The van der Waals surface area contributed by atoms with Crippen molar-refractivity contribution in [3.63, 3.8) is 0 Å². The standard InChI is InChI=1S/C14H23NO5/c1-7-13(17)8(5-16)4-10(14(7)18)15-9-2-3-12-19-6-11(9)20-12/h4,7,9-18H,2-3,5-6H2,1H3. The zero-order valence-electron chi connectivity index (χ0n) is 11.6. The molecule has 3 rings (SSSR count). The van der Waals surface area contributed by atoms with Gasteiger partial charge in [-0.2, -0.15) is 0 Å². The van der Waals surface area contributed by atoms with E-state index in [1.165, 1.54) is 0 Å². The molecule has 7 unspecified atom stereocenters. The molecular formula is C14H23NO5. The summed E-state index contributed by atoms with van der Waals surface area (Å²) in [5.41, 5.74) is 0.567. The minimum atomic E-state index is -0.783. The topological polar surface area (TPSA) is 91.2 Å². The second kappa shape index (κ2) is 5.71. The highest BCUT2D eigenvalue weighted by Gasteiger charge is 2.41. The van der Waals surface area contributed by atoms with Gasteiger partial charge in [-0.1, -0.05) is 13.0 Å². The van der Waals surface area contributed by atoms with Gasteiger partial charge < -0.3 is 30.1 Å².